The maximum absolute atomic E-state index is 11.7. The number of carbonyl (C=O) groups is 1. The van der Waals surface area contributed by atoms with Gasteiger partial charge in [-0.15, -0.1) is 0 Å². The topological polar surface area (TPSA) is 80.5 Å². The third-order valence-corrected chi connectivity index (χ3v) is 2.71. The van der Waals surface area contributed by atoms with Gasteiger partial charge in [-0.2, -0.15) is 0 Å². The van der Waals surface area contributed by atoms with Crippen molar-refractivity contribution in [2.24, 2.45) is 0 Å². The number of nitrogens with two attached hydrogens (primary N) is 1. The second-order valence-electron chi connectivity index (χ2n) is 5.67. The quantitative estimate of drug-likeness (QED) is 0.849. The highest BCUT2D eigenvalue weighted by Crippen LogP contribution is 2.20. The Bertz CT molecular complexity index is 464. The lowest BCUT2D eigenvalue weighted by Gasteiger charge is -2.40. The van der Waals surface area contributed by atoms with Gasteiger partial charge in [0.1, 0.15) is 11.4 Å². The molecule has 6 heteroatoms. The Morgan fingerprint density at radius 1 is 1.53 bits per heavy atom. The molecule has 104 valence electrons. The minimum Gasteiger partial charge on any atom is -0.444 e. The van der Waals surface area contributed by atoms with E-state index in [1.54, 1.807) is 23.2 Å². The van der Waals surface area contributed by atoms with E-state index in [9.17, 15) is 4.79 Å². The summed E-state index contributed by atoms with van der Waals surface area (Å²) >= 11 is 0. The molecule has 0 bridgehead atoms. The Kier molecular flexibility index (Phi) is 3.50. The monoisotopic (exact) mass is 264 g/mol. The summed E-state index contributed by atoms with van der Waals surface area (Å²) < 4.78 is 5.28. The predicted octanol–water partition coefficient (Wildman–Crippen LogP) is 1.70. The van der Waals surface area contributed by atoms with Gasteiger partial charge < -0.3 is 20.7 Å². The number of ether oxygens (including phenoxy) is 1. The number of likely N-dealkylation sites (tertiary alicyclic amines) is 1. The third kappa shape index (κ3) is 3.49. The largest absolute Gasteiger partial charge is 0.444 e. The van der Waals surface area contributed by atoms with E-state index in [2.05, 4.69) is 10.3 Å². The molecule has 0 unspecified atom stereocenters. The summed E-state index contributed by atoms with van der Waals surface area (Å²) in [5.41, 5.74) is 5.95. The molecule has 1 fully saturated rings. The number of nitrogens with one attached hydrogen (secondary N) is 1. The van der Waals surface area contributed by atoms with Gasteiger partial charge in [0.25, 0.3) is 0 Å². The molecule has 1 amide bonds. The van der Waals surface area contributed by atoms with Gasteiger partial charge in [0.2, 0.25) is 0 Å². The van der Waals surface area contributed by atoms with Crippen molar-refractivity contribution in [1.82, 2.24) is 9.88 Å². The van der Waals surface area contributed by atoms with Crippen LogP contribution >= 0.6 is 0 Å². The first-order chi connectivity index (χ1) is 8.85. The predicted molar refractivity (Wildman–Crippen MR) is 73.9 cm³/mol. The number of aromatic nitrogens is 1. The van der Waals surface area contributed by atoms with Crippen LogP contribution in [0.1, 0.15) is 20.8 Å². The zero-order valence-electron chi connectivity index (χ0n) is 11.5. The van der Waals surface area contributed by atoms with Gasteiger partial charge in [0.15, 0.2) is 0 Å². The summed E-state index contributed by atoms with van der Waals surface area (Å²) in [5, 5.41) is 3.21. The molecule has 19 heavy (non-hydrogen) atoms. The Morgan fingerprint density at radius 2 is 2.21 bits per heavy atom. The lowest BCUT2D eigenvalue weighted by molar-refractivity contribution is 0.0105. The fourth-order valence-electron chi connectivity index (χ4n) is 1.78. The van der Waals surface area contributed by atoms with Gasteiger partial charge in [-0.1, -0.05) is 0 Å². The number of nitrogens with zero attached hydrogens (tertiary/aromatic N) is 2. The van der Waals surface area contributed by atoms with E-state index in [1.165, 1.54) is 0 Å². The molecule has 0 aliphatic carbocycles. The number of anilines is 2. The van der Waals surface area contributed by atoms with Gasteiger partial charge in [-0.05, 0) is 32.9 Å². The molecule has 6 nitrogen and oxygen atoms in total. The van der Waals surface area contributed by atoms with E-state index in [1.807, 2.05) is 20.8 Å². The second kappa shape index (κ2) is 4.95. The number of pyridine rings is 1. The first-order valence-corrected chi connectivity index (χ1v) is 6.30. The van der Waals surface area contributed by atoms with Crippen molar-refractivity contribution >= 4 is 17.6 Å². The van der Waals surface area contributed by atoms with Crippen LogP contribution in [0.5, 0.6) is 0 Å². The average Bonchev–Trinajstić information content (AvgIpc) is 2.22. The van der Waals surface area contributed by atoms with Gasteiger partial charge >= 0.3 is 6.09 Å². The normalized spacial score (nSPS) is 15.8. The molecule has 0 radical (unpaired) electrons. The van der Waals surface area contributed by atoms with Crippen LogP contribution in [0.15, 0.2) is 18.3 Å². The fraction of sp³-hybridized carbons (Fsp3) is 0.538. The molecule has 0 atom stereocenters. The van der Waals surface area contributed by atoms with Crippen LogP contribution in [0.3, 0.4) is 0 Å². The molecule has 1 aliphatic rings. The summed E-state index contributed by atoms with van der Waals surface area (Å²) in [6.07, 6.45) is 1.41. The minimum absolute atomic E-state index is 0.171. The van der Waals surface area contributed by atoms with Crippen molar-refractivity contribution in [2.45, 2.75) is 32.4 Å². The summed E-state index contributed by atoms with van der Waals surface area (Å²) in [7, 11) is 0. The lowest BCUT2D eigenvalue weighted by Crippen LogP contribution is -2.58. The highest BCUT2D eigenvalue weighted by molar-refractivity contribution is 5.70. The van der Waals surface area contributed by atoms with Crippen molar-refractivity contribution in [3.8, 4) is 0 Å². The van der Waals surface area contributed by atoms with E-state index in [4.69, 9.17) is 10.5 Å². The van der Waals surface area contributed by atoms with Gasteiger partial charge in [-0.25, -0.2) is 9.78 Å². The van der Waals surface area contributed by atoms with Crippen LogP contribution in [0.4, 0.5) is 16.3 Å². The maximum Gasteiger partial charge on any atom is 0.410 e. The van der Waals surface area contributed by atoms with E-state index >= 15 is 0 Å². The van der Waals surface area contributed by atoms with E-state index in [0.29, 0.717) is 24.6 Å². The van der Waals surface area contributed by atoms with Crippen LogP contribution in [-0.4, -0.2) is 40.7 Å². The summed E-state index contributed by atoms with van der Waals surface area (Å²) in [6.45, 7) is 6.77. The summed E-state index contributed by atoms with van der Waals surface area (Å²) in [5.74, 6) is 0.663. The highest BCUT2D eigenvalue weighted by atomic mass is 16.6. The van der Waals surface area contributed by atoms with Crippen LogP contribution in [0.25, 0.3) is 0 Å². The highest BCUT2D eigenvalue weighted by Gasteiger charge is 2.33. The van der Waals surface area contributed by atoms with E-state index in [0.717, 1.165) is 0 Å². The Balaban J connectivity index is 1.81. The van der Waals surface area contributed by atoms with E-state index < -0.39 is 5.60 Å². The third-order valence-electron chi connectivity index (χ3n) is 2.71. The number of nitrogen functional groups attached to an aromatic ring is 1. The molecular formula is C13H20N4O2. The Hall–Kier alpha value is -1.98. The molecule has 1 aromatic rings. The molecule has 2 rings (SSSR count). The minimum atomic E-state index is -0.457. The molecule has 1 saturated heterocycles. The molecule has 3 N–H and O–H groups in total. The van der Waals surface area contributed by atoms with Crippen LogP contribution in [-0.2, 0) is 4.74 Å². The standard InChI is InChI=1S/C13H20N4O2/c1-13(2,3)19-12(18)17-7-9(8-17)16-11-10(14)5-4-6-15-11/h4-6,9H,7-8,14H2,1-3H3,(H,15,16). The van der Waals surface area contributed by atoms with Crippen LogP contribution in [0.2, 0.25) is 0 Å². The maximum atomic E-state index is 11.7. The van der Waals surface area contributed by atoms with Crippen molar-refractivity contribution in [1.29, 1.82) is 0 Å². The first kappa shape index (κ1) is 13.5. The summed E-state index contributed by atoms with van der Waals surface area (Å²) in [4.78, 5) is 17.6. The number of rotatable bonds is 2. The number of carbonyl (C=O) groups excluding carboxylic acids is 1. The molecule has 1 aromatic heterocycles. The zero-order chi connectivity index (χ0) is 14.0. The van der Waals surface area contributed by atoms with Gasteiger partial charge in [0, 0.05) is 19.3 Å². The number of hydrogen-bond acceptors (Lipinski definition) is 5. The average molecular weight is 264 g/mol. The van der Waals surface area contributed by atoms with E-state index in [-0.39, 0.29) is 12.1 Å². The first-order valence-electron chi connectivity index (χ1n) is 6.30. The lowest BCUT2D eigenvalue weighted by atomic mass is 10.1. The van der Waals surface area contributed by atoms with Gasteiger partial charge in [-0.3, -0.25) is 0 Å². The second-order valence-corrected chi connectivity index (χ2v) is 5.67. The molecule has 0 spiro atoms. The molecule has 2 heterocycles. The van der Waals surface area contributed by atoms with Crippen molar-refractivity contribution in [2.75, 3.05) is 24.1 Å². The number of amides is 1. The Labute approximate surface area is 112 Å². The zero-order valence-corrected chi connectivity index (χ0v) is 11.5. The van der Waals surface area contributed by atoms with Crippen molar-refractivity contribution in [3.63, 3.8) is 0 Å². The fourth-order valence-corrected chi connectivity index (χ4v) is 1.78. The smallest absolute Gasteiger partial charge is 0.410 e. The molecule has 1 aliphatic heterocycles. The Morgan fingerprint density at radius 3 is 2.79 bits per heavy atom. The van der Waals surface area contributed by atoms with Crippen molar-refractivity contribution < 1.29 is 9.53 Å². The molecule has 0 aromatic carbocycles. The molecular weight excluding hydrogens is 244 g/mol. The van der Waals surface area contributed by atoms with Crippen LogP contribution < -0.4 is 11.1 Å². The summed E-state index contributed by atoms with van der Waals surface area (Å²) in [6, 6.07) is 3.75. The van der Waals surface area contributed by atoms with Crippen LogP contribution in [0, 0.1) is 0 Å². The SMILES string of the molecule is CC(C)(C)OC(=O)N1CC(Nc2ncccc2N)C1. The number of hydrogen-bond donors (Lipinski definition) is 2. The van der Waals surface area contributed by atoms with Gasteiger partial charge in [0.05, 0.1) is 11.7 Å². The van der Waals surface area contributed by atoms with Crippen molar-refractivity contribution in [3.05, 3.63) is 18.3 Å². The molecule has 0 saturated carbocycles.